The number of carbonyl (C=O) groups excluding carboxylic acids is 1. The summed E-state index contributed by atoms with van der Waals surface area (Å²) in [5.41, 5.74) is 3.54. The van der Waals surface area contributed by atoms with Crippen molar-refractivity contribution in [2.45, 2.75) is 6.92 Å². The second-order valence-corrected chi connectivity index (χ2v) is 3.59. The average Bonchev–Trinajstić information content (AvgIpc) is 2.65. The number of hydrogen-bond donors (Lipinski definition) is 3. The minimum Gasteiger partial charge on any atom is -0.350 e. The highest BCUT2D eigenvalue weighted by Crippen LogP contribution is 2.25. The Morgan fingerprint density at radius 2 is 2.24 bits per heavy atom. The normalized spacial score (nSPS) is 10.5. The lowest BCUT2D eigenvalue weighted by atomic mass is 10.1. The van der Waals surface area contributed by atoms with Gasteiger partial charge in [0.1, 0.15) is 5.69 Å². The van der Waals surface area contributed by atoms with Crippen LogP contribution in [0.4, 0.5) is 5.69 Å². The van der Waals surface area contributed by atoms with Crippen LogP contribution in [-0.2, 0) is 0 Å². The van der Waals surface area contributed by atoms with E-state index in [1.165, 1.54) is 12.1 Å². The van der Waals surface area contributed by atoms with Crippen LogP contribution in [0.25, 0.3) is 10.9 Å². The molecule has 0 aliphatic rings. The quantitative estimate of drug-likeness (QED) is 0.311. The fraction of sp³-hybridized carbons (Fsp3) is 0.100. The maximum absolute atomic E-state index is 11.4. The van der Waals surface area contributed by atoms with E-state index in [0.29, 0.717) is 16.8 Å². The molecular weight excluding hydrogens is 224 g/mol. The number of nitro benzene ring substituents is 1. The van der Waals surface area contributed by atoms with E-state index in [1.807, 2.05) is 5.43 Å². The Hall–Kier alpha value is -2.41. The van der Waals surface area contributed by atoms with Gasteiger partial charge in [-0.2, -0.15) is 0 Å². The topological polar surface area (TPSA) is 114 Å². The molecule has 2 aromatic rings. The highest BCUT2D eigenvalue weighted by Gasteiger charge is 2.15. The predicted molar refractivity (Wildman–Crippen MR) is 61.3 cm³/mol. The fourth-order valence-electron chi connectivity index (χ4n) is 1.74. The Bertz CT molecular complexity index is 617. The second-order valence-electron chi connectivity index (χ2n) is 3.59. The molecule has 7 nitrogen and oxygen atoms in total. The number of hydrazine groups is 1. The monoisotopic (exact) mass is 234 g/mol. The van der Waals surface area contributed by atoms with Gasteiger partial charge in [0, 0.05) is 17.5 Å². The van der Waals surface area contributed by atoms with Gasteiger partial charge in [-0.25, -0.2) is 5.84 Å². The highest BCUT2D eigenvalue weighted by atomic mass is 16.6. The molecule has 0 atom stereocenters. The number of amides is 1. The van der Waals surface area contributed by atoms with Crippen molar-refractivity contribution in [2.75, 3.05) is 0 Å². The molecule has 88 valence electrons. The Morgan fingerprint density at radius 3 is 2.82 bits per heavy atom. The number of non-ortho nitro benzene ring substituents is 1. The van der Waals surface area contributed by atoms with Crippen LogP contribution in [0.15, 0.2) is 18.2 Å². The summed E-state index contributed by atoms with van der Waals surface area (Å²) in [7, 11) is 0. The molecule has 1 aromatic heterocycles. The summed E-state index contributed by atoms with van der Waals surface area (Å²) >= 11 is 0. The van der Waals surface area contributed by atoms with Crippen molar-refractivity contribution in [3.8, 4) is 0 Å². The third-order valence-electron chi connectivity index (χ3n) is 2.61. The van der Waals surface area contributed by atoms with Gasteiger partial charge in [-0.15, -0.1) is 0 Å². The zero-order chi connectivity index (χ0) is 12.6. The van der Waals surface area contributed by atoms with Gasteiger partial charge >= 0.3 is 0 Å². The van der Waals surface area contributed by atoms with Gasteiger partial charge in [0.15, 0.2) is 0 Å². The van der Waals surface area contributed by atoms with Gasteiger partial charge in [0.05, 0.1) is 10.4 Å². The van der Waals surface area contributed by atoms with Crippen LogP contribution in [-0.4, -0.2) is 15.8 Å². The number of aromatic amines is 1. The molecule has 2 rings (SSSR count). The summed E-state index contributed by atoms with van der Waals surface area (Å²) in [5.74, 6) is 4.59. The van der Waals surface area contributed by atoms with Crippen LogP contribution >= 0.6 is 0 Å². The predicted octanol–water partition coefficient (Wildman–Crippen LogP) is 0.988. The van der Waals surface area contributed by atoms with E-state index < -0.39 is 10.8 Å². The third kappa shape index (κ3) is 1.72. The molecule has 0 radical (unpaired) electrons. The number of hydrogen-bond acceptors (Lipinski definition) is 4. The van der Waals surface area contributed by atoms with Gasteiger partial charge in [-0.1, -0.05) is 0 Å². The number of H-pyrrole nitrogens is 1. The Morgan fingerprint density at radius 1 is 1.53 bits per heavy atom. The minimum atomic E-state index is -0.488. The Balaban J connectivity index is 2.65. The number of aryl methyl sites for hydroxylation is 1. The van der Waals surface area contributed by atoms with E-state index in [1.54, 1.807) is 13.0 Å². The van der Waals surface area contributed by atoms with Gasteiger partial charge in [0.2, 0.25) is 0 Å². The average molecular weight is 234 g/mol. The number of nitrogens with two attached hydrogens (primary N) is 1. The van der Waals surface area contributed by atoms with Crippen LogP contribution in [0.1, 0.15) is 16.1 Å². The fourth-order valence-corrected chi connectivity index (χ4v) is 1.74. The van der Waals surface area contributed by atoms with Crippen molar-refractivity contribution in [3.63, 3.8) is 0 Å². The lowest BCUT2D eigenvalue weighted by molar-refractivity contribution is -0.384. The molecule has 7 heteroatoms. The molecule has 1 amide bonds. The molecule has 0 fully saturated rings. The van der Waals surface area contributed by atoms with E-state index in [4.69, 9.17) is 5.84 Å². The first-order chi connectivity index (χ1) is 8.04. The van der Waals surface area contributed by atoms with Crippen molar-refractivity contribution in [3.05, 3.63) is 39.6 Å². The molecule has 0 aliphatic heterocycles. The van der Waals surface area contributed by atoms with Crippen LogP contribution in [0.5, 0.6) is 0 Å². The summed E-state index contributed by atoms with van der Waals surface area (Å²) < 4.78 is 0. The number of nitro groups is 1. The van der Waals surface area contributed by atoms with Gasteiger partial charge in [0.25, 0.3) is 11.6 Å². The van der Waals surface area contributed by atoms with Crippen molar-refractivity contribution in [1.82, 2.24) is 10.4 Å². The van der Waals surface area contributed by atoms with Crippen LogP contribution in [0, 0.1) is 17.0 Å². The van der Waals surface area contributed by atoms with Crippen LogP contribution in [0.3, 0.4) is 0 Å². The summed E-state index contributed by atoms with van der Waals surface area (Å²) in [4.78, 5) is 24.4. The number of fused-ring (bicyclic) bond motifs is 1. The summed E-state index contributed by atoms with van der Waals surface area (Å²) in [6.07, 6.45) is 0. The maximum Gasteiger partial charge on any atom is 0.281 e. The van der Waals surface area contributed by atoms with Crippen molar-refractivity contribution < 1.29 is 9.72 Å². The van der Waals surface area contributed by atoms with Gasteiger partial charge < -0.3 is 4.98 Å². The third-order valence-corrected chi connectivity index (χ3v) is 2.61. The van der Waals surface area contributed by atoms with E-state index in [0.717, 1.165) is 5.39 Å². The Labute approximate surface area is 95.7 Å². The molecule has 4 N–H and O–H groups in total. The van der Waals surface area contributed by atoms with E-state index >= 15 is 0 Å². The highest BCUT2D eigenvalue weighted by molar-refractivity contribution is 6.01. The molecule has 0 spiro atoms. The SMILES string of the molecule is Cc1c(C(=O)NN)[nH]c2cc([N+](=O)[O-])ccc12. The molecule has 0 unspecified atom stereocenters. The first-order valence-corrected chi connectivity index (χ1v) is 4.82. The number of nitrogens with one attached hydrogen (secondary N) is 2. The minimum absolute atomic E-state index is 0.0292. The zero-order valence-electron chi connectivity index (χ0n) is 8.98. The van der Waals surface area contributed by atoms with E-state index in [-0.39, 0.29) is 5.69 Å². The molecule has 0 saturated heterocycles. The number of nitrogen functional groups attached to an aromatic ring is 1. The van der Waals surface area contributed by atoms with Gasteiger partial charge in [-0.05, 0) is 18.6 Å². The number of rotatable bonds is 2. The lowest BCUT2D eigenvalue weighted by Crippen LogP contribution is -2.30. The molecular formula is C10H10N4O3. The van der Waals surface area contributed by atoms with E-state index in [9.17, 15) is 14.9 Å². The largest absolute Gasteiger partial charge is 0.350 e. The second kappa shape index (κ2) is 3.87. The summed E-state index contributed by atoms with van der Waals surface area (Å²) in [6.45, 7) is 1.75. The van der Waals surface area contributed by atoms with Crippen LogP contribution in [0.2, 0.25) is 0 Å². The molecule has 1 aromatic carbocycles. The summed E-state index contributed by atoms with van der Waals surface area (Å²) in [5, 5.41) is 11.4. The molecule has 0 aliphatic carbocycles. The van der Waals surface area contributed by atoms with Crippen molar-refractivity contribution in [2.24, 2.45) is 5.84 Å². The number of carbonyl (C=O) groups is 1. The van der Waals surface area contributed by atoms with E-state index in [2.05, 4.69) is 4.98 Å². The molecule has 17 heavy (non-hydrogen) atoms. The Kier molecular flexibility index (Phi) is 2.52. The van der Waals surface area contributed by atoms with Crippen molar-refractivity contribution in [1.29, 1.82) is 0 Å². The first-order valence-electron chi connectivity index (χ1n) is 4.82. The van der Waals surface area contributed by atoms with Crippen LogP contribution < -0.4 is 11.3 Å². The molecule has 0 bridgehead atoms. The zero-order valence-corrected chi connectivity index (χ0v) is 8.98. The summed E-state index contributed by atoms with van der Waals surface area (Å²) in [6, 6.07) is 4.38. The number of benzene rings is 1. The first kappa shape index (κ1) is 11.1. The van der Waals surface area contributed by atoms with Gasteiger partial charge in [-0.3, -0.25) is 20.3 Å². The number of aromatic nitrogens is 1. The molecule has 0 saturated carbocycles. The molecule has 1 heterocycles. The smallest absolute Gasteiger partial charge is 0.281 e. The maximum atomic E-state index is 11.4. The standard InChI is InChI=1S/C10H10N4O3/c1-5-7-3-2-6(14(16)17)4-8(7)12-9(5)10(15)13-11/h2-4,12H,11H2,1H3,(H,13,15). The lowest BCUT2D eigenvalue weighted by Gasteiger charge is -1.96. The van der Waals surface area contributed by atoms with Crippen molar-refractivity contribution >= 4 is 22.5 Å². The number of nitrogens with zero attached hydrogens (tertiary/aromatic N) is 1.